The molecule has 6 aliphatic rings. The zero-order chi connectivity index (χ0) is 73.8. The second-order valence-corrected chi connectivity index (χ2v) is 45.0. The Kier molecular flexibility index (Phi) is 44.2. The zero-order valence-electron chi connectivity index (χ0n) is 56.4. The maximum absolute atomic E-state index is 15.2. The van der Waals surface area contributed by atoms with Crippen LogP contribution < -0.4 is 38.7 Å². The Morgan fingerprint density at radius 2 is 1.29 bits per heavy atom. The Bertz CT molecular complexity index is 3600. The van der Waals surface area contributed by atoms with Crippen molar-refractivity contribution in [3.63, 3.8) is 0 Å². The number of aromatic nitrogens is 5. The number of nitrogens with one attached hydrogen (secondary N) is 1. The van der Waals surface area contributed by atoms with Crippen LogP contribution in [-0.2, 0) is 29.0 Å². The second-order valence-electron chi connectivity index (χ2n) is 23.8. The topological polar surface area (TPSA) is 297 Å². The van der Waals surface area contributed by atoms with Gasteiger partial charge in [-0.2, -0.15) is 0 Å². The van der Waals surface area contributed by atoms with E-state index in [4.69, 9.17) is 4.74 Å². The molecule has 6 aliphatic heterocycles. The van der Waals surface area contributed by atoms with Gasteiger partial charge in [0.15, 0.2) is 11.6 Å². The van der Waals surface area contributed by atoms with Crippen molar-refractivity contribution in [3.05, 3.63) is 125 Å². The number of aliphatic hydroxyl groups excluding tert-OH is 2. The number of halogens is 11. The fraction of sp³-hybridized carbons (Fsp3) is 0.578. The van der Waals surface area contributed by atoms with E-state index in [1.165, 1.54) is 77.5 Å². The maximum atomic E-state index is 15.2. The predicted molar refractivity (Wildman–Crippen MR) is 451 cm³/mol. The van der Waals surface area contributed by atoms with Crippen LogP contribution in [0.4, 0.5) is 37.5 Å². The molecule has 5 N–H and O–H groups in total. The number of hydrogen-bond acceptors (Lipinski definition) is 19. The standard InChI is InChI=1S/C26H31FN6O6S.C16H18FN3O2S.C10H16BrN3O3.C6H11BrO.C6H11Br.I3.I2.HI/c1-15-28-13-22(33(38)39)31(15)14-17(34)5-3-4-6-29-7-9-30(10-8-29)21-12-20-18(11-19(21)27)24(35)23(26(36)37)25-32(20)16(2)40-25;1-9-20-13-8-14(19-4-2-18-3-5-19)12(17)7-10(13)6-11(16(21)22)15(20)23-9;1-8-12-6-10(14(16)17)13(8)7-9(15)4-2-3-5-11;7-4-2-1-3-6-5-8-6;1-2-3-4-5-6-7;1-3-2;1-2;/h11-13,16-17,34H,3-10,14H2,1-2H3,(H,36,37);7-9,18H,2-6H2,1H3,(H,21,22);6,9,15H,2-5,7H2,1H3;6H,1-5H2;2H,1,3-6H2;;;1H/q;;;;;-1;;. The summed E-state index contributed by atoms with van der Waals surface area (Å²) in [7, 11) is 0. The molecule has 5 aromatic rings. The van der Waals surface area contributed by atoms with Crippen LogP contribution in [0, 0.1) is 45.7 Å². The minimum atomic E-state index is -1.30. The van der Waals surface area contributed by atoms with Crippen molar-refractivity contribution in [1.82, 2.24) is 33.9 Å². The van der Waals surface area contributed by atoms with Crippen LogP contribution in [0.3, 0.4) is 0 Å². The molecule has 2 aromatic carbocycles. The number of ether oxygens (including phenoxy) is 1. The van der Waals surface area contributed by atoms with Crippen LogP contribution in [0.2, 0.25) is 0 Å². The van der Waals surface area contributed by atoms with Gasteiger partial charge in [0.05, 0.1) is 68.2 Å². The predicted octanol–water partition coefficient (Wildman–Crippen LogP) is 13.1. The molecule has 0 radical (unpaired) electrons. The first-order valence-electron chi connectivity index (χ1n) is 32.5. The molecule has 24 nitrogen and oxygen atoms in total. The average molecular weight is 2320 g/mol. The molecule has 9 heterocycles. The number of aromatic carboxylic acids is 1. The van der Waals surface area contributed by atoms with Crippen LogP contribution in [0.25, 0.3) is 10.9 Å². The van der Waals surface area contributed by atoms with Gasteiger partial charge in [0.25, 0.3) is 0 Å². The Morgan fingerprint density at radius 1 is 0.772 bits per heavy atom. The van der Waals surface area contributed by atoms with Gasteiger partial charge >= 0.3 is 74.1 Å². The van der Waals surface area contributed by atoms with Gasteiger partial charge in [-0.05, 0) is 137 Å². The first-order chi connectivity index (χ1) is 47.9. The van der Waals surface area contributed by atoms with E-state index in [1.54, 1.807) is 36.2 Å². The number of aliphatic carboxylic acids is 1. The Hall–Kier alpha value is -1.13. The number of carboxylic acids is 2. The molecule has 0 bridgehead atoms. The van der Waals surface area contributed by atoms with Crippen LogP contribution in [-0.4, -0.2) is 176 Å². The van der Waals surface area contributed by atoms with E-state index < -0.39 is 45.2 Å². The molecule has 4 fully saturated rings. The van der Waals surface area contributed by atoms with Gasteiger partial charge in [-0.3, -0.25) is 9.69 Å². The van der Waals surface area contributed by atoms with E-state index >= 15 is 4.39 Å². The zero-order valence-corrected chi connectivity index (χ0v) is 75.9. The van der Waals surface area contributed by atoms with Crippen molar-refractivity contribution in [2.24, 2.45) is 0 Å². The number of allylic oxidation sites excluding steroid dienone is 1. The Morgan fingerprint density at radius 3 is 1.78 bits per heavy atom. The van der Waals surface area contributed by atoms with Crippen molar-refractivity contribution in [2.45, 2.75) is 158 Å². The summed E-state index contributed by atoms with van der Waals surface area (Å²) < 4.78 is 39.5. The molecular weight excluding hydrogens is 2230 g/mol. The van der Waals surface area contributed by atoms with Gasteiger partial charge in [-0.25, -0.2) is 37.5 Å². The number of carboxylic acid groups (broad SMARTS) is 2. The SMILES string of the molecule is BrCCCCC1CO1.C=CCCCCBr.CC1SC2=C(C(=O)O)Cc3cc(F)c(N4CCNCC4)cc3N21.Cc1ncc([N+](=O)[O-])n1CC(O)CCCCBr.Cc1ncc([N+](=O)[O-])n1CC(O)CCCCN1CCN(c2cc3c(cc2F)c(=O)c(C(=O)O)c2n3C(C)S2)CC1.I.II.I[I-]I. The summed E-state index contributed by atoms with van der Waals surface area (Å²) >= 11 is 22.5. The number of alkyl halides is 3. The van der Waals surface area contributed by atoms with Crippen LogP contribution >= 0.6 is 170 Å². The third-order valence-electron chi connectivity index (χ3n) is 16.9. The van der Waals surface area contributed by atoms with E-state index in [0.717, 1.165) is 117 Å². The van der Waals surface area contributed by atoms with Crippen molar-refractivity contribution < 1.29 is 66.6 Å². The molecule has 4 saturated heterocycles. The fourth-order valence-corrected chi connectivity index (χ4v) is 15.2. The number of thioether (sulfide) groups is 2. The van der Waals surface area contributed by atoms with Crippen LogP contribution in [0.15, 0.2) is 69.7 Å². The minimum absolute atomic E-state index is 0. The van der Waals surface area contributed by atoms with Gasteiger partial charge < -0.3 is 70.0 Å². The molecule has 566 valence electrons. The quantitative estimate of drug-likeness (QED) is 0.00621. The monoisotopic (exact) mass is 2320 g/mol. The summed E-state index contributed by atoms with van der Waals surface area (Å²) in [5, 5.41) is 68.8. The molecule has 5 atom stereocenters. The number of hydrogen-bond donors (Lipinski definition) is 5. The summed E-state index contributed by atoms with van der Waals surface area (Å²) in [6.45, 7) is 19.0. The molecular formula is C64H88Br3F2I6N12O12S2-. The summed E-state index contributed by atoms with van der Waals surface area (Å²) in [5.41, 5.74) is 2.68. The number of aryl methyl sites for hydroxylation is 2. The average Bonchev–Trinajstić information content (AvgIpc) is 1.44. The second kappa shape index (κ2) is 48.4. The third kappa shape index (κ3) is 27.7. The first kappa shape index (κ1) is 92.3. The van der Waals surface area contributed by atoms with Gasteiger partial charge in [-0.15, -0.1) is 30.6 Å². The normalized spacial score (nSPS) is 17.5. The van der Waals surface area contributed by atoms with Crippen molar-refractivity contribution in [3.8, 4) is 0 Å². The molecule has 0 amide bonds. The van der Waals surface area contributed by atoms with Crippen LogP contribution in [0.1, 0.15) is 124 Å². The first-order valence-corrected chi connectivity index (χ1v) is 56.5. The number of anilines is 3. The molecule has 0 saturated carbocycles. The number of imidazole rings is 2. The van der Waals surface area contributed by atoms with Crippen molar-refractivity contribution in [1.29, 1.82) is 0 Å². The number of nitrogens with zero attached hydrogens (tertiary/aromatic N) is 11. The number of piperazine rings is 2. The van der Waals surface area contributed by atoms with E-state index in [9.17, 15) is 59.4 Å². The summed E-state index contributed by atoms with van der Waals surface area (Å²) in [4.78, 5) is 73.0. The van der Waals surface area contributed by atoms with Crippen molar-refractivity contribution in [2.75, 3.05) is 96.2 Å². The summed E-state index contributed by atoms with van der Waals surface area (Å²) in [6, 6.07) is 6.24. The number of epoxide rings is 1. The molecule has 0 aliphatic carbocycles. The van der Waals surface area contributed by atoms with Crippen LogP contribution in [0.5, 0.6) is 0 Å². The van der Waals surface area contributed by atoms with E-state index in [2.05, 4.69) is 154 Å². The van der Waals surface area contributed by atoms with Gasteiger partial charge in [0.2, 0.25) is 5.43 Å². The number of rotatable bonds is 27. The molecule has 5 unspecified atom stereocenters. The Labute approximate surface area is 692 Å². The fourth-order valence-electron chi connectivity index (χ4n) is 11.7. The van der Waals surface area contributed by atoms with Gasteiger partial charge in [0, 0.05) is 137 Å². The Balaban J connectivity index is 0.000000299. The number of pyridine rings is 1. The molecule has 101 heavy (non-hydrogen) atoms. The number of carbonyl (C=O) groups is 2. The number of fused-ring (bicyclic) bond motifs is 6. The third-order valence-corrected chi connectivity index (χ3v) is 21.0. The van der Waals surface area contributed by atoms with Gasteiger partial charge in [0.1, 0.15) is 42.7 Å². The number of benzene rings is 2. The number of nitro groups is 2. The van der Waals surface area contributed by atoms with E-state index in [0.29, 0.717) is 84.4 Å². The van der Waals surface area contributed by atoms with Crippen molar-refractivity contribution >= 4 is 221 Å². The molecule has 11 rings (SSSR count). The molecule has 37 heteroatoms. The van der Waals surface area contributed by atoms with E-state index in [1.807, 2.05) is 35.8 Å². The number of unbranched alkanes of at least 4 members (excludes halogenated alkanes) is 5. The summed E-state index contributed by atoms with van der Waals surface area (Å²) in [6.07, 6.45) is 16.3. The van der Waals surface area contributed by atoms with E-state index in [-0.39, 0.29) is 82.6 Å². The summed E-state index contributed by atoms with van der Waals surface area (Å²) in [5.74, 6) is -2.18. The molecule has 3 aromatic heterocycles. The number of aliphatic hydroxyl groups is 2. The molecule has 0 spiro atoms. The van der Waals surface area contributed by atoms with Gasteiger partial charge in [-0.1, -0.05) is 77.4 Å².